The van der Waals surface area contributed by atoms with E-state index in [0.717, 1.165) is 11.1 Å². The molecule has 0 unspecified atom stereocenters. The molecule has 1 aromatic carbocycles. The average Bonchev–Trinajstić information content (AvgIpc) is 2.89. The van der Waals surface area contributed by atoms with Crippen molar-refractivity contribution in [2.75, 3.05) is 0 Å². The van der Waals surface area contributed by atoms with Gasteiger partial charge in [-0.1, -0.05) is 0 Å². The minimum Gasteiger partial charge on any atom is -0.487 e. The van der Waals surface area contributed by atoms with Gasteiger partial charge in [0.1, 0.15) is 18.1 Å². The van der Waals surface area contributed by atoms with E-state index >= 15 is 0 Å². The number of fused-ring (bicyclic) bond motifs is 1. The number of carbonyl (C=O) groups excluding carboxylic acids is 1. The highest BCUT2D eigenvalue weighted by atomic mass is 35.5. The number of aromatic amines is 1. The molecule has 0 spiro atoms. The molecule has 3 aromatic rings. The van der Waals surface area contributed by atoms with Crippen LogP contribution >= 0.6 is 11.6 Å². The largest absolute Gasteiger partial charge is 0.487 e. The van der Waals surface area contributed by atoms with Crippen molar-refractivity contribution in [2.45, 2.75) is 6.61 Å². The van der Waals surface area contributed by atoms with E-state index in [0.29, 0.717) is 23.8 Å². The van der Waals surface area contributed by atoms with Crippen LogP contribution in [-0.2, 0) is 6.61 Å². The van der Waals surface area contributed by atoms with Gasteiger partial charge in [0.25, 0.3) is 0 Å². The number of H-pyrrole nitrogens is 1. The van der Waals surface area contributed by atoms with E-state index in [4.69, 9.17) is 21.1 Å². The zero-order valence-corrected chi connectivity index (χ0v) is 11.5. The SMILES string of the molecule is O=C(Cl)Oc1ccc(OCc2[nH]nc3ncccc23)cc1. The summed E-state index contributed by atoms with van der Waals surface area (Å²) in [7, 11) is 0. The van der Waals surface area contributed by atoms with Gasteiger partial charge in [0, 0.05) is 23.2 Å². The van der Waals surface area contributed by atoms with Gasteiger partial charge in [0.05, 0.1) is 5.69 Å². The number of ether oxygens (including phenoxy) is 2. The molecule has 0 saturated heterocycles. The Labute approximate surface area is 124 Å². The van der Waals surface area contributed by atoms with Crippen LogP contribution in [0.1, 0.15) is 5.69 Å². The smallest absolute Gasteiger partial charge is 0.409 e. The number of halogens is 1. The van der Waals surface area contributed by atoms with Crippen LogP contribution in [0.5, 0.6) is 11.5 Å². The Kier molecular flexibility index (Phi) is 3.70. The van der Waals surface area contributed by atoms with Crippen LogP contribution in [0, 0.1) is 0 Å². The lowest BCUT2D eigenvalue weighted by atomic mass is 10.3. The zero-order chi connectivity index (χ0) is 14.7. The Morgan fingerprint density at radius 1 is 1.19 bits per heavy atom. The molecule has 0 amide bonds. The van der Waals surface area contributed by atoms with E-state index < -0.39 is 5.43 Å². The van der Waals surface area contributed by atoms with Gasteiger partial charge >= 0.3 is 5.43 Å². The summed E-state index contributed by atoms with van der Waals surface area (Å²) in [5.41, 5.74) is 0.620. The summed E-state index contributed by atoms with van der Waals surface area (Å²) < 4.78 is 10.4. The Hall–Kier alpha value is -2.60. The van der Waals surface area contributed by atoms with E-state index in [1.165, 1.54) is 0 Å². The molecule has 0 radical (unpaired) electrons. The van der Waals surface area contributed by atoms with E-state index in [9.17, 15) is 4.79 Å². The summed E-state index contributed by atoms with van der Waals surface area (Å²) in [6.07, 6.45) is 1.69. The van der Waals surface area contributed by atoms with Crippen LogP contribution in [0.4, 0.5) is 4.79 Å². The number of pyridine rings is 1. The van der Waals surface area contributed by atoms with Crippen molar-refractivity contribution in [2.24, 2.45) is 0 Å². The number of rotatable bonds is 4. The lowest BCUT2D eigenvalue weighted by molar-refractivity contribution is 0.225. The summed E-state index contributed by atoms with van der Waals surface area (Å²) in [5.74, 6) is 0.995. The normalized spacial score (nSPS) is 10.5. The molecule has 0 bridgehead atoms. The fourth-order valence-corrected chi connectivity index (χ4v) is 1.95. The molecule has 0 fully saturated rings. The number of carbonyl (C=O) groups is 1. The van der Waals surface area contributed by atoms with Crippen LogP contribution in [0.15, 0.2) is 42.6 Å². The van der Waals surface area contributed by atoms with Gasteiger partial charge in [0.15, 0.2) is 5.65 Å². The van der Waals surface area contributed by atoms with Crippen LogP contribution in [0.2, 0.25) is 0 Å². The summed E-state index contributed by atoms with van der Waals surface area (Å²) in [6.45, 7) is 0.330. The fraction of sp³-hybridized carbons (Fsp3) is 0.0714. The molecular weight excluding hydrogens is 294 g/mol. The summed E-state index contributed by atoms with van der Waals surface area (Å²) in [4.78, 5) is 14.7. The second kappa shape index (κ2) is 5.80. The summed E-state index contributed by atoms with van der Waals surface area (Å²) in [6, 6.07) is 10.3. The van der Waals surface area contributed by atoms with Gasteiger partial charge in [-0.3, -0.25) is 5.10 Å². The molecule has 0 aliphatic rings. The Balaban J connectivity index is 1.68. The number of hydrogen-bond donors (Lipinski definition) is 1. The molecule has 6 nitrogen and oxygen atoms in total. The Morgan fingerprint density at radius 2 is 1.95 bits per heavy atom. The van der Waals surface area contributed by atoms with Gasteiger partial charge in [-0.15, -0.1) is 0 Å². The molecule has 2 aromatic heterocycles. The number of nitrogens with one attached hydrogen (secondary N) is 1. The maximum absolute atomic E-state index is 10.6. The maximum atomic E-state index is 10.6. The molecule has 106 valence electrons. The minimum atomic E-state index is -0.875. The number of hydrogen-bond acceptors (Lipinski definition) is 5. The van der Waals surface area contributed by atoms with Crippen LogP contribution < -0.4 is 9.47 Å². The van der Waals surface area contributed by atoms with Crippen LogP contribution in [-0.4, -0.2) is 20.6 Å². The Bertz CT molecular complexity index is 770. The lowest BCUT2D eigenvalue weighted by Gasteiger charge is -2.06. The Morgan fingerprint density at radius 3 is 2.71 bits per heavy atom. The first-order valence-corrected chi connectivity index (χ1v) is 6.48. The zero-order valence-electron chi connectivity index (χ0n) is 10.7. The highest BCUT2D eigenvalue weighted by Gasteiger charge is 2.06. The van der Waals surface area contributed by atoms with Crippen molar-refractivity contribution < 1.29 is 14.3 Å². The highest BCUT2D eigenvalue weighted by Crippen LogP contribution is 2.20. The first kappa shape index (κ1) is 13.4. The first-order chi connectivity index (χ1) is 10.2. The monoisotopic (exact) mass is 303 g/mol. The highest BCUT2D eigenvalue weighted by molar-refractivity contribution is 6.61. The molecule has 1 N–H and O–H groups in total. The number of nitrogens with zero attached hydrogens (tertiary/aromatic N) is 2. The van der Waals surface area contributed by atoms with Gasteiger partial charge in [-0.25, -0.2) is 9.78 Å². The topological polar surface area (TPSA) is 77.1 Å². The van der Waals surface area contributed by atoms with Crippen LogP contribution in [0.3, 0.4) is 0 Å². The molecule has 2 heterocycles. The molecule has 0 saturated carbocycles. The van der Waals surface area contributed by atoms with Gasteiger partial charge in [-0.05, 0) is 36.4 Å². The van der Waals surface area contributed by atoms with Crippen molar-refractivity contribution in [3.8, 4) is 11.5 Å². The quantitative estimate of drug-likeness (QED) is 0.748. The van der Waals surface area contributed by atoms with Crippen molar-refractivity contribution in [1.82, 2.24) is 15.2 Å². The molecule has 21 heavy (non-hydrogen) atoms. The maximum Gasteiger partial charge on any atom is 0.409 e. The molecular formula is C14H10ClN3O3. The molecule has 0 aliphatic heterocycles. The van der Waals surface area contributed by atoms with Gasteiger partial charge in [0.2, 0.25) is 0 Å². The molecule has 7 heteroatoms. The van der Waals surface area contributed by atoms with E-state index in [-0.39, 0.29) is 0 Å². The molecule has 0 atom stereocenters. The van der Waals surface area contributed by atoms with E-state index in [2.05, 4.69) is 15.2 Å². The predicted octanol–water partition coefficient (Wildman–Crippen LogP) is 3.27. The van der Waals surface area contributed by atoms with Gasteiger partial charge in [-0.2, -0.15) is 5.10 Å². The van der Waals surface area contributed by atoms with Crippen molar-refractivity contribution >= 4 is 28.1 Å². The van der Waals surface area contributed by atoms with Crippen LogP contribution in [0.25, 0.3) is 11.0 Å². The second-order valence-electron chi connectivity index (χ2n) is 4.18. The third-order valence-electron chi connectivity index (χ3n) is 2.81. The lowest BCUT2D eigenvalue weighted by Crippen LogP contribution is -1.98. The van der Waals surface area contributed by atoms with Gasteiger partial charge < -0.3 is 9.47 Å². The first-order valence-electron chi connectivity index (χ1n) is 6.10. The standard InChI is InChI=1S/C14H10ClN3O3/c15-14(19)21-10-5-3-9(4-6-10)20-8-12-11-2-1-7-16-13(11)18-17-12/h1-7H,8H2,(H,16,17,18). The van der Waals surface area contributed by atoms with Crippen molar-refractivity contribution in [3.63, 3.8) is 0 Å². The number of benzene rings is 1. The second-order valence-corrected chi connectivity index (χ2v) is 4.49. The third-order valence-corrected chi connectivity index (χ3v) is 2.89. The van der Waals surface area contributed by atoms with Crippen molar-refractivity contribution in [3.05, 3.63) is 48.3 Å². The predicted molar refractivity (Wildman–Crippen MR) is 76.5 cm³/mol. The molecule has 0 aliphatic carbocycles. The third kappa shape index (κ3) is 3.11. The molecule has 3 rings (SSSR count). The van der Waals surface area contributed by atoms with Crippen molar-refractivity contribution in [1.29, 1.82) is 0 Å². The average molecular weight is 304 g/mol. The number of aromatic nitrogens is 3. The fourth-order valence-electron chi connectivity index (χ4n) is 1.86. The summed E-state index contributed by atoms with van der Waals surface area (Å²) >= 11 is 5.13. The minimum absolute atomic E-state index is 0.330. The van der Waals surface area contributed by atoms with E-state index in [1.807, 2.05) is 12.1 Å². The van der Waals surface area contributed by atoms with E-state index in [1.54, 1.807) is 30.5 Å². The summed E-state index contributed by atoms with van der Waals surface area (Å²) in [5, 5.41) is 7.91.